The number of hydrogen-bond donors (Lipinski definition) is 1. The van der Waals surface area contributed by atoms with Gasteiger partial charge in [-0.3, -0.25) is 0 Å². The average molecular weight is 379 g/mol. The lowest BCUT2D eigenvalue weighted by Gasteiger charge is -2.30. The number of hydrogen-bond acceptors (Lipinski definition) is 1. The first-order valence-electron chi connectivity index (χ1n) is 10.7. The molecule has 4 aromatic rings. The Balaban J connectivity index is 1.76. The lowest BCUT2D eigenvalue weighted by Crippen LogP contribution is -2.33. The minimum Gasteiger partial charge on any atom is -0.376 e. The lowest BCUT2D eigenvalue weighted by atomic mass is 9.85. The molecule has 2 heterocycles. The van der Waals surface area contributed by atoms with Crippen LogP contribution < -0.4 is 5.32 Å². The molecule has 29 heavy (non-hydrogen) atoms. The fraction of sp³-hybridized carbons (Fsp3) is 0.259. The minimum atomic E-state index is 0.190. The zero-order valence-electron chi connectivity index (χ0n) is 17.3. The van der Waals surface area contributed by atoms with Crippen LogP contribution in [-0.2, 0) is 5.41 Å². The second-order valence-corrected chi connectivity index (χ2v) is 8.86. The lowest BCUT2D eigenvalue weighted by molar-refractivity contribution is 0.581. The van der Waals surface area contributed by atoms with Gasteiger partial charge in [-0.25, -0.2) is 0 Å². The van der Waals surface area contributed by atoms with Crippen LogP contribution in [0.3, 0.4) is 0 Å². The highest BCUT2D eigenvalue weighted by Crippen LogP contribution is 2.66. The Morgan fingerprint density at radius 1 is 1.03 bits per heavy atom. The number of benzene rings is 3. The fourth-order valence-electron chi connectivity index (χ4n) is 5.86. The predicted molar refractivity (Wildman–Crippen MR) is 124 cm³/mol. The molecule has 1 fully saturated rings. The molecule has 0 saturated heterocycles. The van der Waals surface area contributed by atoms with Gasteiger partial charge in [0, 0.05) is 21.7 Å². The third-order valence-electron chi connectivity index (χ3n) is 7.51. The molecule has 1 aliphatic heterocycles. The van der Waals surface area contributed by atoms with Gasteiger partial charge in [0.25, 0.3) is 0 Å². The van der Waals surface area contributed by atoms with Gasteiger partial charge < -0.3 is 9.88 Å². The zero-order valence-corrected chi connectivity index (χ0v) is 17.3. The summed E-state index contributed by atoms with van der Waals surface area (Å²) in [6, 6.07) is 22.2. The van der Waals surface area contributed by atoms with Crippen LogP contribution in [-0.4, -0.2) is 10.1 Å². The molecule has 0 spiro atoms. The zero-order chi connectivity index (χ0) is 19.8. The molecule has 1 unspecified atom stereocenters. The van der Waals surface area contributed by atoms with E-state index in [1.165, 1.54) is 50.7 Å². The molecular weight excluding hydrogens is 352 g/mol. The van der Waals surface area contributed by atoms with Crippen LogP contribution in [0.2, 0.25) is 0 Å². The van der Waals surface area contributed by atoms with Gasteiger partial charge in [0.15, 0.2) is 0 Å². The summed E-state index contributed by atoms with van der Waals surface area (Å²) in [4.78, 5) is 0. The van der Waals surface area contributed by atoms with Crippen molar-refractivity contribution in [1.29, 1.82) is 0 Å². The third kappa shape index (κ3) is 1.97. The van der Waals surface area contributed by atoms with Crippen molar-refractivity contribution in [2.45, 2.75) is 44.6 Å². The number of rotatable bonds is 3. The van der Waals surface area contributed by atoms with Crippen molar-refractivity contribution in [2.75, 3.05) is 5.32 Å². The molecule has 1 aromatic heterocycles. The maximum Gasteiger partial charge on any atom is 0.0697 e. The van der Waals surface area contributed by atoms with E-state index >= 15 is 0 Å². The van der Waals surface area contributed by atoms with E-state index in [4.69, 9.17) is 0 Å². The van der Waals surface area contributed by atoms with Crippen molar-refractivity contribution in [3.8, 4) is 5.69 Å². The Kier molecular flexibility index (Phi) is 3.23. The quantitative estimate of drug-likeness (QED) is 0.404. The van der Waals surface area contributed by atoms with Gasteiger partial charge in [-0.1, -0.05) is 68.5 Å². The van der Waals surface area contributed by atoms with Gasteiger partial charge >= 0.3 is 0 Å². The molecule has 2 atom stereocenters. The van der Waals surface area contributed by atoms with Gasteiger partial charge in [0.05, 0.1) is 22.6 Å². The van der Waals surface area contributed by atoms with Crippen molar-refractivity contribution < 1.29 is 0 Å². The highest BCUT2D eigenvalue weighted by Gasteiger charge is 2.66. The van der Waals surface area contributed by atoms with E-state index in [0.29, 0.717) is 0 Å². The van der Waals surface area contributed by atoms with E-state index in [1.54, 1.807) is 0 Å². The minimum absolute atomic E-state index is 0.190. The van der Waals surface area contributed by atoms with E-state index in [9.17, 15) is 0 Å². The van der Waals surface area contributed by atoms with Crippen molar-refractivity contribution in [3.05, 3.63) is 78.0 Å². The van der Waals surface area contributed by atoms with Gasteiger partial charge in [-0.2, -0.15) is 0 Å². The molecule has 0 bridgehead atoms. The van der Waals surface area contributed by atoms with Crippen molar-refractivity contribution in [3.63, 3.8) is 0 Å². The van der Waals surface area contributed by atoms with E-state index < -0.39 is 0 Å². The summed E-state index contributed by atoms with van der Waals surface area (Å²) < 4.78 is 2.46. The molecule has 144 valence electrons. The Labute approximate surface area is 171 Å². The standard InChI is InChI=1S/C27H26N2/c1-4-10-23-25-24-20(26(3)17-27(26,5-2)28-25)14-9-16-22(24)29(23)21-15-8-12-18-11-6-7-13-19(18)21/h4,6-16,28H,5,17H2,1-3H3/b10-4-/t26?,27-/m0/s1. The molecule has 1 N–H and O–H groups in total. The molecular formula is C27H26N2. The number of anilines is 1. The van der Waals surface area contributed by atoms with Gasteiger partial charge in [-0.05, 0) is 48.9 Å². The third-order valence-corrected chi connectivity index (χ3v) is 7.51. The smallest absolute Gasteiger partial charge is 0.0697 e. The summed E-state index contributed by atoms with van der Waals surface area (Å²) in [7, 11) is 0. The van der Waals surface area contributed by atoms with Crippen LogP contribution in [0.25, 0.3) is 33.4 Å². The van der Waals surface area contributed by atoms with Gasteiger partial charge in [0.1, 0.15) is 0 Å². The fourth-order valence-corrected chi connectivity index (χ4v) is 5.86. The van der Waals surface area contributed by atoms with Crippen molar-refractivity contribution in [2.24, 2.45) is 0 Å². The SMILES string of the molecule is C/C=C\c1c2c3c(cccc3n1-c1cccc3ccccc13)C1(C)C[C@]1(CC)N2. The van der Waals surface area contributed by atoms with Crippen LogP contribution in [0.4, 0.5) is 5.69 Å². The first-order chi connectivity index (χ1) is 14.1. The van der Waals surface area contributed by atoms with Crippen LogP contribution in [0.5, 0.6) is 0 Å². The number of nitrogens with one attached hydrogen (secondary N) is 1. The molecule has 2 nitrogen and oxygen atoms in total. The van der Waals surface area contributed by atoms with Crippen LogP contribution in [0, 0.1) is 0 Å². The first kappa shape index (κ1) is 16.9. The molecule has 0 radical (unpaired) electrons. The summed E-state index contributed by atoms with van der Waals surface area (Å²) in [5.41, 5.74) is 7.04. The molecule has 6 rings (SSSR count). The Morgan fingerprint density at radius 3 is 2.66 bits per heavy atom. The summed E-state index contributed by atoms with van der Waals surface area (Å²) in [5, 5.41) is 7.99. The maximum absolute atomic E-state index is 4.02. The second-order valence-electron chi connectivity index (χ2n) is 8.86. The Morgan fingerprint density at radius 2 is 1.83 bits per heavy atom. The number of aromatic nitrogens is 1. The molecule has 2 aliphatic rings. The highest BCUT2D eigenvalue weighted by atomic mass is 15.1. The average Bonchev–Trinajstić information content (AvgIpc) is 3.28. The Hall–Kier alpha value is -3.00. The van der Waals surface area contributed by atoms with E-state index in [2.05, 4.69) is 103 Å². The van der Waals surface area contributed by atoms with Crippen LogP contribution in [0.15, 0.2) is 66.7 Å². The number of nitrogens with zero attached hydrogens (tertiary/aromatic N) is 1. The van der Waals surface area contributed by atoms with E-state index in [-0.39, 0.29) is 11.0 Å². The van der Waals surface area contributed by atoms with Gasteiger partial charge in [-0.15, -0.1) is 0 Å². The van der Waals surface area contributed by atoms with Gasteiger partial charge in [0.2, 0.25) is 0 Å². The number of fused-ring (bicyclic) bond motifs is 3. The van der Waals surface area contributed by atoms with Crippen molar-refractivity contribution >= 4 is 33.4 Å². The molecule has 0 amide bonds. The second kappa shape index (κ2) is 5.54. The largest absolute Gasteiger partial charge is 0.376 e. The summed E-state index contributed by atoms with van der Waals surface area (Å²) >= 11 is 0. The Bertz CT molecular complexity index is 1320. The van der Waals surface area contributed by atoms with E-state index in [1.807, 2.05) is 0 Å². The maximum atomic E-state index is 4.02. The predicted octanol–water partition coefficient (Wildman–Crippen LogP) is 7.05. The molecule has 1 saturated carbocycles. The van der Waals surface area contributed by atoms with E-state index in [0.717, 1.165) is 6.42 Å². The molecule has 1 aliphatic carbocycles. The molecule has 2 heteroatoms. The number of allylic oxidation sites excluding steroid dienone is 1. The van der Waals surface area contributed by atoms with Crippen LogP contribution in [0.1, 0.15) is 44.9 Å². The first-order valence-corrected chi connectivity index (χ1v) is 10.7. The highest BCUT2D eigenvalue weighted by molar-refractivity contribution is 6.06. The summed E-state index contributed by atoms with van der Waals surface area (Å²) in [6.45, 7) is 6.87. The monoisotopic (exact) mass is 378 g/mol. The van der Waals surface area contributed by atoms with Crippen molar-refractivity contribution in [1.82, 2.24) is 4.57 Å². The molecule has 3 aromatic carbocycles. The summed E-state index contributed by atoms with van der Waals surface area (Å²) in [6.07, 6.45) is 6.79. The summed E-state index contributed by atoms with van der Waals surface area (Å²) in [5.74, 6) is 0. The topological polar surface area (TPSA) is 17.0 Å². The normalized spacial score (nSPS) is 24.8. The van der Waals surface area contributed by atoms with Crippen LogP contribution >= 0.6 is 0 Å².